The molecule has 1 heterocycles. The minimum atomic E-state index is -4.02. The van der Waals surface area contributed by atoms with Gasteiger partial charge in [0, 0.05) is 0 Å². The molecule has 1 fully saturated rings. The van der Waals surface area contributed by atoms with Gasteiger partial charge in [-0.25, -0.2) is 0 Å². The van der Waals surface area contributed by atoms with Gasteiger partial charge >= 0.3 is 0 Å². The first-order chi connectivity index (χ1) is 14.4. The lowest BCUT2D eigenvalue weighted by Gasteiger charge is -2.07. The molecular weight excluding hydrogens is 448 g/mol. The number of hydrogen-bond donors (Lipinski definition) is 4. The molecule has 3 rings (SSSR count). The van der Waals surface area contributed by atoms with E-state index >= 15 is 0 Å². The lowest BCUT2D eigenvalue weighted by molar-refractivity contribution is -0.0119. The Bertz CT molecular complexity index is 916. The summed E-state index contributed by atoms with van der Waals surface area (Å²) in [5.41, 5.74) is 1.91. The second-order valence-corrected chi connectivity index (χ2v) is 9.74. The summed E-state index contributed by atoms with van der Waals surface area (Å²) in [5.74, 6) is 0. The van der Waals surface area contributed by atoms with E-state index in [1.807, 2.05) is 13.8 Å². The van der Waals surface area contributed by atoms with Crippen LogP contribution in [0.2, 0.25) is 0 Å². The van der Waals surface area contributed by atoms with E-state index in [4.69, 9.17) is 24.1 Å². The SMILES string of the molecule is Cc1ccc(S(=O)(=O)O)cc1.Cc1ccc(S(=O)(=O)O)cc1.OC[C@@H]1CC[C@H](CO)O1. The van der Waals surface area contributed by atoms with Crippen LogP contribution >= 0.6 is 0 Å². The highest BCUT2D eigenvalue weighted by Gasteiger charge is 2.23. The van der Waals surface area contributed by atoms with Gasteiger partial charge < -0.3 is 14.9 Å². The summed E-state index contributed by atoms with van der Waals surface area (Å²) in [6.45, 7) is 3.84. The van der Waals surface area contributed by atoms with Crippen molar-refractivity contribution in [1.82, 2.24) is 0 Å². The summed E-state index contributed by atoms with van der Waals surface area (Å²) in [5, 5.41) is 17.1. The van der Waals surface area contributed by atoms with Crippen LogP contribution < -0.4 is 0 Å². The molecule has 31 heavy (non-hydrogen) atoms. The molecule has 0 aliphatic carbocycles. The van der Waals surface area contributed by atoms with Crippen LogP contribution in [0.3, 0.4) is 0 Å². The minimum Gasteiger partial charge on any atom is -0.394 e. The van der Waals surface area contributed by atoms with E-state index in [-0.39, 0.29) is 35.2 Å². The molecule has 4 N–H and O–H groups in total. The summed E-state index contributed by atoms with van der Waals surface area (Å²) in [6.07, 6.45) is 1.70. The highest BCUT2D eigenvalue weighted by atomic mass is 32.2. The van der Waals surface area contributed by atoms with Gasteiger partial charge in [0.1, 0.15) is 0 Å². The molecule has 11 heteroatoms. The molecular formula is C20H28O9S2. The molecule has 1 saturated heterocycles. The van der Waals surface area contributed by atoms with Crippen LogP contribution in [0.25, 0.3) is 0 Å². The Morgan fingerprint density at radius 3 is 1.19 bits per heavy atom. The molecule has 2 atom stereocenters. The zero-order valence-electron chi connectivity index (χ0n) is 17.2. The van der Waals surface area contributed by atoms with E-state index in [1.165, 1.54) is 24.3 Å². The lowest BCUT2D eigenvalue weighted by Crippen LogP contribution is -2.16. The van der Waals surface area contributed by atoms with Crippen molar-refractivity contribution in [2.24, 2.45) is 0 Å². The second-order valence-electron chi connectivity index (χ2n) is 6.90. The molecule has 2 aromatic carbocycles. The normalized spacial score (nSPS) is 18.4. The predicted octanol–water partition coefficient (Wildman–Crippen LogP) is 2.00. The van der Waals surface area contributed by atoms with Gasteiger partial charge in [-0.2, -0.15) is 16.8 Å². The third kappa shape index (κ3) is 10.3. The topological polar surface area (TPSA) is 158 Å². The maximum absolute atomic E-state index is 10.5. The van der Waals surface area contributed by atoms with Crippen LogP contribution in [0, 0.1) is 13.8 Å². The van der Waals surface area contributed by atoms with E-state index in [1.54, 1.807) is 24.3 Å². The van der Waals surface area contributed by atoms with Gasteiger partial charge in [-0.05, 0) is 51.0 Å². The van der Waals surface area contributed by atoms with E-state index in [0.29, 0.717) is 0 Å². The Hall–Kier alpha value is -1.86. The Morgan fingerprint density at radius 1 is 0.710 bits per heavy atom. The average Bonchev–Trinajstić information content (AvgIpc) is 3.17. The molecule has 174 valence electrons. The molecule has 9 nitrogen and oxygen atoms in total. The Kier molecular flexibility index (Phi) is 10.7. The summed E-state index contributed by atoms with van der Waals surface area (Å²) in [7, 11) is -8.04. The number of ether oxygens (including phenoxy) is 1. The molecule has 0 radical (unpaired) electrons. The van der Waals surface area contributed by atoms with Crippen LogP contribution in [-0.4, -0.2) is 61.6 Å². The molecule has 0 amide bonds. The molecule has 0 saturated carbocycles. The van der Waals surface area contributed by atoms with Crippen LogP contribution in [0.5, 0.6) is 0 Å². The molecule has 0 bridgehead atoms. The second kappa shape index (κ2) is 12.2. The van der Waals surface area contributed by atoms with Crippen molar-refractivity contribution in [1.29, 1.82) is 0 Å². The van der Waals surface area contributed by atoms with Crippen molar-refractivity contribution < 1.29 is 40.9 Å². The molecule has 0 spiro atoms. The fourth-order valence-electron chi connectivity index (χ4n) is 2.47. The van der Waals surface area contributed by atoms with Crippen molar-refractivity contribution in [3.05, 3.63) is 59.7 Å². The summed E-state index contributed by atoms with van der Waals surface area (Å²) < 4.78 is 64.3. The van der Waals surface area contributed by atoms with Gasteiger partial charge in [0.2, 0.25) is 0 Å². The number of aliphatic hydroxyl groups excluding tert-OH is 2. The standard InChI is InChI=1S/2C7H8O3S.C6H12O3/c2*1-6-2-4-7(5-3-6)11(8,9)10;7-3-5-1-2-6(4-8)9-5/h2*2-5H,1H3,(H,8,9,10);5-8H,1-4H2/t;;5-,6+. The monoisotopic (exact) mass is 476 g/mol. The lowest BCUT2D eigenvalue weighted by atomic mass is 10.2. The van der Waals surface area contributed by atoms with Crippen LogP contribution in [0.1, 0.15) is 24.0 Å². The van der Waals surface area contributed by atoms with Gasteiger partial charge in [0.25, 0.3) is 20.2 Å². The van der Waals surface area contributed by atoms with Gasteiger partial charge in [-0.3, -0.25) is 9.11 Å². The Morgan fingerprint density at radius 2 is 1.00 bits per heavy atom. The Labute approximate surface area is 182 Å². The smallest absolute Gasteiger partial charge is 0.294 e. The van der Waals surface area contributed by atoms with Crippen molar-refractivity contribution in [3.63, 3.8) is 0 Å². The third-order valence-electron chi connectivity index (χ3n) is 4.24. The minimum absolute atomic E-state index is 0.0258. The highest BCUT2D eigenvalue weighted by molar-refractivity contribution is 7.86. The largest absolute Gasteiger partial charge is 0.394 e. The summed E-state index contributed by atoms with van der Waals surface area (Å²) in [4.78, 5) is -0.133. The van der Waals surface area contributed by atoms with Crippen LogP contribution in [0.4, 0.5) is 0 Å². The van der Waals surface area contributed by atoms with E-state index in [2.05, 4.69) is 0 Å². The predicted molar refractivity (Wildman–Crippen MR) is 114 cm³/mol. The van der Waals surface area contributed by atoms with Gasteiger partial charge in [-0.1, -0.05) is 35.4 Å². The maximum atomic E-state index is 10.5. The van der Waals surface area contributed by atoms with E-state index in [0.717, 1.165) is 24.0 Å². The quantitative estimate of drug-likeness (QED) is 0.484. The summed E-state index contributed by atoms with van der Waals surface area (Å²) in [6, 6.07) is 12.0. The van der Waals surface area contributed by atoms with Crippen molar-refractivity contribution in [2.45, 2.75) is 48.7 Å². The maximum Gasteiger partial charge on any atom is 0.294 e. The number of benzene rings is 2. The first-order valence-corrected chi connectivity index (χ1v) is 12.2. The Balaban J connectivity index is 0.000000234. The van der Waals surface area contributed by atoms with Gasteiger partial charge in [-0.15, -0.1) is 0 Å². The number of aliphatic hydroxyl groups is 2. The van der Waals surface area contributed by atoms with Crippen molar-refractivity contribution in [2.75, 3.05) is 13.2 Å². The molecule has 0 unspecified atom stereocenters. The van der Waals surface area contributed by atoms with Crippen LogP contribution in [0.15, 0.2) is 58.3 Å². The molecule has 1 aliphatic rings. The number of aryl methyl sites for hydroxylation is 2. The van der Waals surface area contributed by atoms with Gasteiger partial charge in [0.15, 0.2) is 0 Å². The zero-order valence-corrected chi connectivity index (χ0v) is 18.9. The first kappa shape index (κ1) is 27.2. The van der Waals surface area contributed by atoms with Gasteiger partial charge in [0.05, 0.1) is 35.2 Å². The first-order valence-electron chi connectivity index (χ1n) is 9.32. The van der Waals surface area contributed by atoms with E-state index in [9.17, 15) is 16.8 Å². The fourth-order valence-corrected chi connectivity index (χ4v) is 3.43. The number of rotatable bonds is 4. The average molecular weight is 477 g/mol. The van der Waals surface area contributed by atoms with Crippen LogP contribution in [-0.2, 0) is 25.0 Å². The molecule has 2 aromatic rings. The van der Waals surface area contributed by atoms with E-state index < -0.39 is 20.2 Å². The third-order valence-corrected chi connectivity index (χ3v) is 5.98. The molecule has 0 aromatic heterocycles. The van der Waals surface area contributed by atoms with Crippen molar-refractivity contribution >= 4 is 20.2 Å². The zero-order chi connectivity index (χ0) is 23.7. The fraction of sp³-hybridized carbons (Fsp3) is 0.400. The number of hydrogen-bond acceptors (Lipinski definition) is 7. The van der Waals surface area contributed by atoms with Crippen molar-refractivity contribution in [3.8, 4) is 0 Å². The summed E-state index contributed by atoms with van der Waals surface area (Å²) >= 11 is 0. The molecule has 1 aliphatic heterocycles. The highest BCUT2D eigenvalue weighted by Crippen LogP contribution is 2.18.